The first-order valence-corrected chi connectivity index (χ1v) is 12.5. The average molecular weight is 589 g/mol. The van der Waals surface area contributed by atoms with E-state index in [0.29, 0.717) is 28.7 Å². The van der Waals surface area contributed by atoms with Gasteiger partial charge in [-0.25, -0.2) is 14.6 Å². The highest BCUT2D eigenvalue weighted by atomic mass is 35.5. The zero-order chi connectivity index (χ0) is 29.7. The van der Waals surface area contributed by atoms with Gasteiger partial charge in [-0.15, -0.1) is 0 Å². The molecule has 5 N–H and O–H groups in total. The number of H-pyrrole nitrogens is 1. The fourth-order valence-corrected chi connectivity index (χ4v) is 3.86. The summed E-state index contributed by atoms with van der Waals surface area (Å²) in [7, 11) is 0. The Balaban J connectivity index is 1.41. The van der Waals surface area contributed by atoms with Crippen molar-refractivity contribution < 1.29 is 27.5 Å². The van der Waals surface area contributed by atoms with Crippen LogP contribution in [0.5, 0.6) is 0 Å². The largest absolute Gasteiger partial charge is 0.461 e. The Bertz CT molecular complexity index is 1590. The summed E-state index contributed by atoms with van der Waals surface area (Å²) in [5.41, 5.74) is 1.49. The number of halogens is 4. The second kappa shape index (κ2) is 12.1. The number of ether oxygens (including phenoxy) is 1. The third-order valence-electron chi connectivity index (χ3n) is 5.44. The number of aromatic amines is 1. The molecule has 2 heterocycles. The maximum Gasteiger partial charge on any atom is 0.417 e. The second-order valence-electron chi connectivity index (χ2n) is 8.66. The number of benzene rings is 2. The number of esters is 1. The Labute approximate surface area is 236 Å². The maximum atomic E-state index is 13.1. The predicted octanol–water partition coefficient (Wildman–Crippen LogP) is 6.80. The summed E-state index contributed by atoms with van der Waals surface area (Å²) in [4.78, 5) is 33.1. The number of hydrogen-bond acceptors (Lipinski definition) is 8. The molecule has 0 unspecified atom stereocenters. The first-order valence-electron chi connectivity index (χ1n) is 12.1. The summed E-state index contributed by atoms with van der Waals surface area (Å²) in [5.74, 6) is 0.528. The summed E-state index contributed by atoms with van der Waals surface area (Å²) < 4.78 is 44.2. The van der Waals surface area contributed by atoms with Crippen molar-refractivity contribution in [1.82, 2.24) is 20.2 Å². The lowest BCUT2D eigenvalue weighted by Crippen LogP contribution is -2.20. The molecule has 0 saturated heterocycles. The quantitative estimate of drug-likeness (QED) is 0.141. The molecule has 2 aromatic heterocycles. The van der Waals surface area contributed by atoms with E-state index in [9.17, 15) is 22.8 Å². The Morgan fingerprint density at radius 1 is 0.951 bits per heavy atom. The minimum absolute atomic E-state index is 0.0674. The lowest BCUT2D eigenvalue weighted by Gasteiger charge is -2.14. The molecular formula is C26H24ClF3N8O3. The van der Waals surface area contributed by atoms with E-state index in [-0.39, 0.29) is 23.9 Å². The molecule has 15 heteroatoms. The van der Waals surface area contributed by atoms with Crippen LogP contribution in [0.1, 0.15) is 34.2 Å². The van der Waals surface area contributed by atoms with E-state index >= 15 is 0 Å². The van der Waals surface area contributed by atoms with E-state index in [4.69, 9.17) is 16.3 Å². The fourth-order valence-electron chi connectivity index (χ4n) is 3.63. The van der Waals surface area contributed by atoms with E-state index in [1.165, 1.54) is 12.1 Å². The molecule has 0 aliphatic carbocycles. The number of rotatable bonds is 8. The van der Waals surface area contributed by atoms with Crippen molar-refractivity contribution in [2.75, 3.05) is 27.9 Å². The molecular weight excluding hydrogens is 565 g/mol. The van der Waals surface area contributed by atoms with E-state index in [2.05, 4.69) is 41.4 Å². The van der Waals surface area contributed by atoms with Crippen molar-refractivity contribution in [3.63, 3.8) is 0 Å². The zero-order valence-corrected chi connectivity index (χ0v) is 22.7. The van der Waals surface area contributed by atoms with Crippen LogP contribution < -0.4 is 21.3 Å². The van der Waals surface area contributed by atoms with Crippen LogP contribution in [0.2, 0.25) is 5.02 Å². The van der Waals surface area contributed by atoms with Gasteiger partial charge in [0.05, 0.1) is 17.2 Å². The van der Waals surface area contributed by atoms with Crippen molar-refractivity contribution in [2.45, 2.75) is 26.9 Å². The van der Waals surface area contributed by atoms with Crippen molar-refractivity contribution >= 4 is 58.2 Å². The van der Waals surface area contributed by atoms with Gasteiger partial charge in [-0.05, 0) is 62.7 Å². The molecule has 0 saturated carbocycles. The number of aromatic nitrogens is 4. The van der Waals surface area contributed by atoms with Gasteiger partial charge in [-0.1, -0.05) is 11.6 Å². The monoisotopic (exact) mass is 588 g/mol. The SMILES string of the molecule is CCOC(=O)c1cc(Nc2cc(C)nc(Nc3ccc(NC(=O)Nc4ccc(Cl)c(C(F)(F)F)c4)cc3C)n2)n[nH]1. The summed E-state index contributed by atoms with van der Waals surface area (Å²) in [6.45, 7) is 5.51. The highest BCUT2D eigenvalue weighted by molar-refractivity contribution is 6.31. The second-order valence-corrected chi connectivity index (χ2v) is 9.06. The lowest BCUT2D eigenvalue weighted by atomic mass is 10.1. The van der Waals surface area contributed by atoms with Gasteiger partial charge in [0.1, 0.15) is 11.5 Å². The molecule has 4 aromatic rings. The van der Waals surface area contributed by atoms with Crippen molar-refractivity contribution in [1.29, 1.82) is 0 Å². The molecule has 0 spiro atoms. The van der Waals surface area contributed by atoms with Crippen molar-refractivity contribution in [3.8, 4) is 0 Å². The third kappa shape index (κ3) is 7.63. The van der Waals surface area contributed by atoms with Crippen LogP contribution in [0.15, 0.2) is 48.5 Å². The van der Waals surface area contributed by atoms with Crippen molar-refractivity contribution in [2.24, 2.45) is 0 Å². The molecule has 0 aliphatic rings. The van der Waals surface area contributed by atoms with Crippen LogP contribution in [-0.4, -0.2) is 38.8 Å². The van der Waals surface area contributed by atoms with Crippen molar-refractivity contribution in [3.05, 3.63) is 76.1 Å². The van der Waals surface area contributed by atoms with E-state index < -0.39 is 28.8 Å². The van der Waals surface area contributed by atoms with Crippen LogP contribution in [0.25, 0.3) is 0 Å². The highest BCUT2D eigenvalue weighted by Gasteiger charge is 2.33. The van der Waals surface area contributed by atoms with Crippen LogP contribution in [-0.2, 0) is 10.9 Å². The topological polar surface area (TPSA) is 146 Å². The molecule has 2 aromatic carbocycles. The maximum absolute atomic E-state index is 13.1. The van der Waals surface area contributed by atoms with Crippen LogP contribution in [0, 0.1) is 13.8 Å². The predicted molar refractivity (Wildman–Crippen MR) is 148 cm³/mol. The number of urea groups is 1. The molecule has 0 fully saturated rings. The molecule has 2 amide bonds. The summed E-state index contributed by atoms with van der Waals surface area (Å²) in [5, 5.41) is 17.2. The minimum Gasteiger partial charge on any atom is -0.461 e. The summed E-state index contributed by atoms with van der Waals surface area (Å²) in [6.07, 6.45) is -4.66. The Morgan fingerprint density at radius 2 is 1.66 bits per heavy atom. The molecule has 11 nitrogen and oxygen atoms in total. The molecule has 0 radical (unpaired) electrons. The van der Waals surface area contributed by atoms with Gasteiger partial charge < -0.3 is 26.0 Å². The lowest BCUT2D eigenvalue weighted by molar-refractivity contribution is -0.137. The number of nitrogens with one attached hydrogen (secondary N) is 5. The first-order chi connectivity index (χ1) is 19.4. The number of carbonyl (C=O) groups is 2. The number of anilines is 6. The Hall–Kier alpha value is -4.85. The number of carbonyl (C=O) groups excluding carboxylic acids is 2. The number of nitrogens with zero attached hydrogens (tertiary/aromatic N) is 3. The molecule has 0 atom stereocenters. The van der Waals surface area contributed by atoms with Crippen LogP contribution in [0.3, 0.4) is 0 Å². The zero-order valence-electron chi connectivity index (χ0n) is 21.9. The Kier molecular flexibility index (Phi) is 8.62. The van der Waals surface area contributed by atoms with E-state index in [1.807, 2.05) is 0 Å². The minimum atomic E-state index is -4.66. The fraction of sp³-hybridized carbons (Fsp3) is 0.192. The van der Waals surface area contributed by atoms with Crippen LogP contribution in [0.4, 0.5) is 52.6 Å². The van der Waals surface area contributed by atoms with Gasteiger partial charge in [-0.3, -0.25) is 5.10 Å². The van der Waals surface area contributed by atoms with Gasteiger partial charge in [0, 0.05) is 34.9 Å². The molecule has 41 heavy (non-hydrogen) atoms. The van der Waals surface area contributed by atoms with Gasteiger partial charge in [-0.2, -0.15) is 23.3 Å². The number of hydrogen-bond donors (Lipinski definition) is 5. The first kappa shape index (κ1) is 29.1. The Morgan fingerprint density at radius 3 is 2.34 bits per heavy atom. The molecule has 214 valence electrons. The number of alkyl halides is 3. The number of amides is 2. The molecule has 0 bridgehead atoms. The number of aryl methyl sites for hydroxylation is 2. The van der Waals surface area contributed by atoms with Gasteiger partial charge in [0.15, 0.2) is 5.82 Å². The van der Waals surface area contributed by atoms with E-state index in [1.54, 1.807) is 45.0 Å². The normalized spacial score (nSPS) is 11.1. The van der Waals surface area contributed by atoms with Gasteiger partial charge in [0.2, 0.25) is 5.95 Å². The van der Waals surface area contributed by atoms with E-state index in [0.717, 1.165) is 17.7 Å². The summed E-state index contributed by atoms with van der Waals surface area (Å²) >= 11 is 5.63. The molecule has 4 rings (SSSR count). The molecule has 0 aliphatic heterocycles. The smallest absolute Gasteiger partial charge is 0.417 e. The highest BCUT2D eigenvalue weighted by Crippen LogP contribution is 2.36. The third-order valence-corrected chi connectivity index (χ3v) is 5.77. The summed E-state index contributed by atoms with van der Waals surface area (Å²) in [6, 6.07) is 10.5. The van der Waals surface area contributed by atoms with Crippen LogP contribution >= 0.6 is 11.6 Å². The van der Waals surface area contributed by atoms with Gasteiger partial charge in [0.25, 0.3) is 0 Å². The average Bonchev–Trinajstić information content (AvgIpc) is 3.34. The van der Waals surface area contributed by atoms with Gasteiger partial charge >= 0.3 is 18.2 Å². The standard InChI is InChI=1S/C26H24ClF3N8O3/c1-4-41-23(39)20-12-22(38-37-20)35-21-10-14(3)31-24(36-21)34-19-8-6-15(9-13(19)2)32-25(40)33-16-5-7-18(27)17(11-16)26(28,29)30/h5-12H,4H2,1-3H3,(H2,32,33,40)(H3,31,34,35,36,37,38).